The first-order valence-corrected chi connectivity index (χ1v) is 39.6. The van der Waals surface area contributed by atoms with E-state index in [9.17, 15) is 27.1 Å². The number of phenols is 1. The van der Waals surface area contributed by atoms with Crippen molar-refractivity contribution in [1.82, 2.24) is 0 Å². The first kappa shape index (κ1) is 78.0. The highest BCUT2D eigenvalue weighted by molar-refractivity contribution is 7.98. The molecule has 14 heteroatoms. The fraction of sp³-hybridized carbons (Fsp3) is 0.180. The maximum absolute atomic E-state index is 13.1. The second-order valence-corrected chi connectivity index (χ2v) is 34.6. The minimum absolute atomic E-state index is 0. The van der Waals surface area contributed by atoms with Crippen LogP contribution in [0.25, 0.3) is 0 Å². The van der Waals surface area contributed by atoms with Crippen LogP contribution in [0, 0.1) is 30.1 Å². The van der Waals surface area contributed by atoms with Crippen LogP contribution in [0.3, 0.4) is 0 Å². The molecular formula is C89H90F2O7S5+4. The normalized spacial score (nSPS) is 16.2. The number of hydrogen-bond acceptors (Lipinski definition) is 6. The third kappa shape index (κ3) is 20.2. The number of esters is 1. The number of ether oxygens (including phenoxy) is 2. The minimum atomic E-state index is -5.56. The number of benzene rings is 12. The van der Waals surface area contributed by atoms with Gasteiger partial charge in [-0.05, 0) is 245 Å². The predicted octanol–water partition coefficient (Wildman–Crippen LogP) is 23.4. The van der Waals surface area contributed by atoms with Gasteiger partial charge in [0, 0.05) is 0 Å². The van der Waals surface area contributed by atoms with Crippen molar-refractivity contribution in [1.29, 1.82) is 0 Å². The molecule has 16 rings (SSSR count). The Bertz CT molecular complexity index is 4170. The number of alkyl halides is 2. The van der Waals surface area contributed by atoms with E-state index in [1.165, 1.54) is 64.3 Å². The molecule has 4 aliphatic carbocycles. The van der Waals surface area contributed by atoms with Crippen LogP contribution in [0.4, 0.5) is 8.78 Å². The number of aryl methyl sites for hydroxylation is 1. The maximum atomic E-state index is 13.1. The molecule has 4 fully saturated rings. The van der Waals surface area contributed by atoms with Crippen molar-refractivity contribution in [3.63, 3.8) is 0 Å². The molecule has 0 aliphatic heterocycles. The lowest BCUT2D eigenvalue weighted by Crippen LogP contribution is -2.51. The number of phenolic OH excluding ortho intramolecular Hbond substituents is 1. The molecule has 4 saturated carbocycles. The van der Waals surface area contributed by atoms with E-state index in [-0.39, 0.29) is 65.9 Å². The Morgan fingerprint density at radius 2 is 0.592 bits per heavy atom. The topological polar surface area (TPSA) is 110 Å². The van der Waals surface area contributed by atoms with Gasteiger partial charge in [0.2, 0.25) is 0 Å². The summed E-state index contributed by atoms with van der Waals surface area (Å²) in [6.45, 7) is 0.513. The molecule has 0 aromatic heterocycles. The fourth-order valence-electron chi connectivity index (χ4n) is 13.5. The van der Waals surface area contributed by atoms with Crippen LogP contribution < -0.4 is 4.74 Å². The van der Waals surface area contributed by atoms with E-state index in [0.29, 0.717) is 42.8 Å². The Kier molecular flexibility index (Phi) is 27.9. The van der Waals surface area contributed by atoms with Crippen LogP contribution in [0.15, 0.2) is 398 Å². The van der Waals surface area contributed by atoms with Crippen molar-refractivity contribution in [2.24, 2.45) is 23.2 Å². The molecule has 7 nitrogen and oxygen atoms in total. The summed E-state index contributed by atoms with van der Waals surface area (Å²) in [5.74, 6) is 2.59. The zero-order valence-electron chi connectivity index (χ0n) is 55.2. The van der Waals surface area contributed by atoms with E-state index in [0.717, 1.165) is 30.8 Å². The summed E-state index contributed by atoms with van der Waals surface area (Å²) in [6.07, 6.45) is 5.22. The Balaban J connectivity index is 0.000000166. The average molecular weight is 1470 g/mol. The summed E-state index contributed by atoms with van der Waals surface area (Å²) in [7, 11) is -6.06. The third-order valence-electron chi connectivity index (χ3n) is 17.7. The lowest BCUT2D eigenvalue weighted by atomic mass is 9.49. The number of hydrogen-bond donors (Lipinski definition) is 2. The monoisotopic (exact) mass is 1470 g/mol. The zero-order chi connectivity index (χ0) is 69.3. The molecule has 528 valence electrons. The molecule has 4 aliphatic rings. The first-order valence-electron chi connectivity index (χ1n) is 33.3. The van der Waals surface area contributed by atoms with E-state index in [1.54, 1.807) is 12.1 Å². The molecule has 0 spiro atoms. The van der Waals surface area contributed by atoms with Gasteiger partial charge in [-0.3, -0.25) is 9.35 Å². The number of carbonyl (C=O) groups excluding carboxylic acids is 1. The van der Waals surface area contributed by atoms with Crippen molar-refractivity contribution < 1.29 is 41.1 Å². The minimum Gasteiger partial charge on any atom is -0.508 e. The quantitative estimate of drug-likeness (QED) is 0.0500. The second kappa shape index (κ2) is 36.8. The van der Waals surface area contributed by atoms with E-state index < -0.39 is 33.4 Å². The summed E-state index contributed by atoms with van der Waals surface area (Å²) in [5, 5.41) is 5.03. The fourth-order valence-corrected chi connectivity index (χ4v) is 22.0. The smallest absolute Gasteiger partial charge is 0.402 e. The van der Waals surface area contributed by atoms with Gasteiger partial charge in [0.15, 0.2) is 65.4 Å². The van der Waals surface area contributed by atoms with Crippen LogP contribution in [-0.2, 0) is 63.2 Å². The Morgan fingerprint density at radius 1 is 0.379 bits per heavy atom. The van der Waals surface area contributed by atoms with Gasteiger partial charge in [0.05, 0.1) is 49.0 Å². The molecule has 0 radical (unpaired) electrons. The predicted molar refractivity (Wildman–Crippen MR) is 421 cm³/mol. The Labute approximate surface area is 620 Å². The van der Waals surface area contributed by atoms with Crippen molar-refractivity contribution in [3.8, 4) is 17.2 Å². The molecule has 0 unspecified atom stereocenters. The van der Waals surface area contributed by atoms with Crippen LogP contribution in [0.5, 0.6) is 17.2 Å². The number of halogens is 2. The highest BCUT2D eigenvalue weighted by atomic mass is 32.2. The van der Waals surface area contributed by atoms with Gasteiger partial charge in [-0.25, -0.2) is 0 Å². The summed E-state index contributed by atoms with van der Waals surface area (Å²) < 4.78 is 66.6. The highest BCUT2D eigenvalue weighted by Crippen LogP contribution is 2.60. The van der Waals surface area contributed by atoms with Crippen molar-refractivity contribution >= 4 is 59.7 Å². The van der Waals surface area contributed by atoms with Gasteiger partial charge in [-0.15, -0.1) is 0 Å². The Hall–Kier alpha value is -9.12. The number of rotatable bonds is 18. The van der Waals surface area contributed by atoms with Crippen LogP contribution in [-0.4, -0.2) is 35.9 Å². The van der Waals surface area contributed by atoms with Gasteiger partial charge in [0.1, 0.15) is 17.2 Å². The van der Waals surface area contributed by atoms with Gasteiger partial charge < -0.3 is 14.6 Å². The van der Waals surface area contributed by atoms with Crippen LogP contribution in [0.2, 0.25) is 0 Å². The molecule has 2 N–H and O–H groups in total. The number of carbonyl (C=O) groups is 1. The largest absolute Gasteiger partial charge is 0.508 e. The van der Waals surface area contributed by atoms with Crippen molar-refractivity contribution in [3.05, 3.63) is 345 Å². The molecule has 103 heavy (non-hydrogen) atoms. The Morgan fingerprint density at radius 3 is 0.825 bits per heavy atom. The van der Waals surface area contributed by atoms with Crippen molar-refractivity contribution in [2.75, 3.05) is 6.61 Å². The molecular weight excluding hydrogens is 1380 g/mol. The zero-order valence-corrected chi connectivity index (χ0v) is 59.3. The van der Waals surface area contributed by atoms with Gasteiger partial charge in [0.25, 0.3) is 0 Å². The lowest BCUT2D eigenvalue weighted by Gasteiger charge is -2.55. The van der Waals surface area contributed by atoms with Gasteiger partial charge in [-0.2, -0.15) is 17.2 Å². The summed E-state index contributed by atoms with van der Waals surface area (Å²) in [5.41, 5.74) is 0.586. The summed E-state index contributed by atoms with van der Waals surface area (Å²) in [6, 6.07) is 119. The standard InChI is InChI=1S/C36H28OS2.C19H17S.C18H14OS.C13H18F2O5S.3CH4/c1-5-13-31(14-6-1)38(32-15-7-2-8-16-32)35-25-21-29(22-26-35)37-30-23-27-36(28-24-30)39(33-17-9-3-10-18-33)34-19-11-4-12-20-34;1-16-12-14-19(15-13-16)20(17-8-4-2-5-9-17)18-10-6-3-7-11-18;19-15-11-13-18(14-12-15)20(16-7-3-1-4-8-16)17-9-5-2-6-10-17;14-13(15,21(17,18)19)7-20-11(16)12-4-8-1-9(5-12)3-10(2-8)6-12;;;/h1-28H;2-15H,1H3;1-14H;8-10H,1-7H2,(H,17,18,19);3*1H4/q+2;+1;;;;;/p+1. The molecule has 0 heterocycles. The number of aromatic hydroxyl groups is 1. The summed E-state index contributed by atoms with van der Waals surface area (Å²) >= 11 is 0. The first-order chi connectivity index (χ1) is 48.6. The van der Waals surface area contributed by atoms with Crippen molar-refractivity contribution in [2.45, 2.75) is 132 Å². The average Bonchev–Trinajstić information content (AvgIpc) is 0.740. The van der Waals surface area contributed by atoms with Crippen LogP contribution >= 0.6 is 0 Å². The van der Waals surface area contributed by atoms with E-state index in [4.69, 9.17) is 9.29 Å². The van der Waals surface area contributed by atoms with E-state index in [2.05, 4.69) is 315 Å². The molecule has 12 aromatic rings. The van der Waals surface area contributed by atoms with Gasteiger partial charge >= 0.3 is 21.3 Å². The van der Waals surface area contributed by atoms with E-state index in [1.807, 2.05) is 24.3 Å². The molecule has 0 saturated heterocycles. The molecule has 4 bridgehead atoms. The lowest BCUT2D eigenvalue weighted by molar-refractivity contribution is -0.176. The highest BCUT2D eigenvalue weighted by Gasteiger charge is 2.56. The molecule has 0 atom stereocenters. The van der Waals surface area contributed by atoms with Gasteiger partial charge in [-0.1, -0.05) is 186 Å². The molecule has 12 aromatic carbocycles. The second-order valence-electron chi connectivity index (χ2n) is 25.0. The molecule has 0 amide bonds. The SMILES string of the molecule is C.C.C.Cc1ccc([S+](c2ccccc2)c2ccccc2)cc1.O=C(OCC(F)(F)S(=O)(=O)O)C12CC3CC(CC(C3)C1)C2.Oc1ccc([S+](c2ccccc2)c2ccccc2)cc1.c1ccc([S+](c2ccccc2)c2ccc(Oc3ccc([S+](c4ccccc4)c4ccccc4)cc3)cc2)cc1. The maximum Gasteiger partial charge on any atom is 0.402 e. The summed E-state index contributed by atoms with van der Waals surface area (Å²) in [4.78, 5) is 27.9. The van der Waals surface area contributed by atoms with Crippen LogP contribution in [0.1, 0.15) is 66.4 Å². The van der Waals surface area contributed by atoms with E-state index >= 15 is 0 Å². The third-order valence-corrected chi connectivity index (χ3v) is 27.5.